The van der Waals surface area contributed by atoms with E-state index < -0.39 is 0 Å². The van der Waals surface area contributed by atoms with E-state index in [2.05, 4.69) is 22.0 Å². The molecule has 0 radical (unpaired) electrons. The third-order valence-electron chi connectivity index (χ3n) is 5.64. The fourth-order valence-corrected chi connectivity index (χ4v) is 4.95. The number of hydrogen-bond acceptors (Lipinski definition) is 7. The van der Waals surface area contributed by atoms with E-state index in [0.717, 1.165) is 34.6 Å². The Morgan fingerprint density at radius 1 is 1.00 bits per heavy atom. The van der Waals surface area contributed by atoms with Crippen LogP contribution in [0.3, 0.4) is 0 Å². The summed E-state index contributed by atoms with van der Waals surface area (Å²) >= 11 is 3.88. The van der Waals surface area contributed by atoms with Gasteiger partial charge in [-0.25, -0.2) is 0 Å². The molecule has 162 valence electrons. The molecule has 3 atom stereocenters. The number of phenols is 1. The zero-order chi connectivity index (χ0) is 21.3. The van der Waals surface area contributed by atoms with Crippen LogP contribution in [0.5, 0.6) is 28.7 Å². The number of ether oxygens (including phenoxy) is 6. The number of rotatable bonds is 7. The van der Waals surface area contributed by atoms with Gasteiger partial charge in [-0.15, -0.1) is 0 Å². The number of halogens is 1. The van der Waals surface area contributed by atoms with Crippen molar-refractivity contribution in [1.82, 2.24) is 0 Å². The average molecular weight is 481 g/mol. The Kier molecular flexibility index (Phi) is 6.26. The molecule has 0 aromatic heterocycles. The van der Waals surface area contributed by atoms with Crippen LogP contribution in [0.25, 0.3) is 0 Å². The number of hydrogen-bond donors (Lipinski definition) is 1. The maximum absolute atomic E-state index is 10.3. The molecule has 4 rings (SSSR count). The molecule has 7 nitrogen and oxygen atoms in total. The van der Waals surface area contributed by atoms with E-state index in [1.165, 1.54) is 14.2 Å². The maximum Gasteiger partial charge on any atom is 0.231 e. The van der Waals surface area contributed by atoms with E-state index in [4.69, 9.17) is 28.4 Å². The molecule has 0 saturated heterocycles. The van der Waals surface area contributed by atoms with Gasteiger partial charge in [-0.3, -0.25) is 0 Å². The van der Waals surface area contributed by atoms with Crippen LogP contribution in [0.1, 0.15) is 33.9 Å². The standard InChI is InChI=1S/C22H25BrO7/c1-25-10-28-9-13-4-14(12-5-19(26-2)22(24)20(6-12)27-3)15-7-17-18(30-11-29-17)8-16(15)21(13)23/h5-8,13-14,21,24H,4,9-11H2,1-3H3/t13-,14-,21+/m1/s1. The SMILES string of the molecule is COCOC[C@H]1C[C@H](c2cc(OC)c(O)c(OC)c2)c2cc3c(cc2[C@H]1Br)OCO3. The normalized spacial score (nSPS) is 21.9. The molecule has 2 aliphatic rings. The summed E-state index contributed by atoms with van der Waals surface area (Å²) in [7, 11) is 4.67. The van der Waals surface area contributed by atoms with Crippen molar-refractivity contribution >= 4 is 15.9 Å². The molecule has 2 aromatic rings. The summed E-state index contributed by atoms with van der Waals surface area (Å²) in [5, 5.41) is 10.3. The van der Waals surface area contributed by atoms with Crippen molar-refractivity contribution in [3.8, 4) is 28.7 Å². The first-order valence-electron chi connectivity index (χ1n) is 9.66. The molecular formula is C22H25BrO7. The second kappa shape index (κ2) is 8.91. The van der Waals surface area contributed by atoms with Gasteiger partial charge in [0.1, 0.15) is 6.79 Å². The predicted molar refractivity (Wildman–Crippen MR) is 113 cm³/mol. The summed E-state index contributed by atoms with van der Waals surface area (Å²) in [5.74, 6) is 2.46. The van der Waals surface area contributed by atoms with Crippen LogP contribution in [-0.2, 0) is 9.47 Å². The second-order valence-electron chi connectivity index (χ2n) is 7.34. The topological polar surface area (TPSA) is 75.6 Å². The molecule has 1 heterocycles. The van der Waals surface area contributed by atoms with Crippen molar-refractivity contribution in [3.05, 3.63) is 41.0 Å². The second-order valence-corrected chi connectivity index (χ2v) is 8.32. The largest absolute Gasteiger partial charge is 0.502 e. The highest BCUT2D eigenvalue weighted by molar-refractivity contribution is 9.09. The molecular weight excluding hydrogens is 456 g/mol. The average Bonchev–Trinajstić information content (AvgIpc) is 3.22. The Morgan fingerprint density at radius 2 is 1.63 bits per heavy atom. The first kappa shape index (κ1) is 21.1. The van der Waals surface area contributed by atoms with Crippen LogP contribution < -0.4 is 18.9 Å². The van der Waals surface area contributed by atoms with Crippen molar-refractivity contribution in [2.45, 2.75) is 17.2 Å². The van der Waals surface area contributed by atoms with Crippen molar-refractivity contribution in [3.63, 3.8) is 0 Å². The van der Waals surface area contributed by atoms with Gasteiger partial charge in [0.25, 0.3) is 0 Å². The molecule has 0 fully saturated rings. The molecule has 0 saturated carbocycles. The number of benzene rings is 2. The number of fused-ring (bicyclic) bond motifs is 2. The predicted octanol–water partition coefficient (Wildman–Crippen LogP) is 4.35. The molecule has 1 aliphatic heterocycles. The van der Waals surface area contributed by atoms with Crippen LogP contribution in [0.4, 0.5) is 0 Å². The molecule has 0 bridgehead atoms. The molecule has 0 spiro atoms. The first-order chi connectivity index (χ1) is 14.6. The van der Waals surface area contributed by atoms with Crippen LogP contribution in [0, 0.1) is 5.92 Å². The number of phenolic OH excluding ortho intramolecular Hbond substituents is 1. The van der Waals surface area contributed by atoms with Gasteiger partial charge in [0, 0.05) is 17.9 Å². The summed E-state index contributed by atoms with van der Waals surface area (Å²) in [5.41, 5.74) is 3.25. The van der Waals surface area contributed by atoms with Gasteiger partial charge in [0.05, 0.1) is 20.8 Å². The maximum atomic E-state index is 10.3. The fourth-order valence-electron chi connectivity index (χ4n) is 4.18. The summed E-state index contributed by atoms with van der Waals surface area (Å²) in [6, 6.07) is 7.81. The Hall–Kier alpha value is -2.16. The van der Waals surface area contributed by atoms with Gasteiger partial charge in [0.15, 0.2) is 23.0 Å². The van der Waals surface area contributed by atoms with E-state index in [1.807, 2.05) is 18.2 Å². The lowest BCUT2D eigenvalue weighted by molar-refractivity contribution is -0.0452. The van der Waals surface area contributed by atoms with E-state index in [9.17, 15) is 5.11 Å². The lowest BCUT2D eigenvalue weighted by Crippen LogP contribution is -2.25. The Labute approximate surface area is 183 Å². The summed E-state index contributed by atoms with van der Waals surface area (Å²) < 4.78 is 32.8. The summed E-state index contributed by atoms with van der Waals surface area (Å²) in [6.07, 6.45) is 0.823. The minimum Gasteiger partial charge on any atom is -0.502 e. The third kappa shape index (κ3) is 3.79. The van der Waals surface area contributed by atoms with Gasteiger partial charge >= 0.3 is 0 Å². The third-order valence-corrected chi connectivity index (χ3v) is 6.88. The number of alkyl halides is 1. The first-order valence-corrected chi connectivity index (χ1v) is 10.6. The highest BCUT2D eigenvalue weighted by atomic mass is 79.9. The van der Waals surface area contributed by atoms with Crippen molar-refractivity contribution < 1.29 is 33.5 Å². The Balaban J connectivity index is 1.79. The molecule has 30 heavy (non-hydrogen) atoms. The smallest absolute Gasteiger partial charge is 0.231 e. The molecule has 8 heteroatoms. The molecule has 0 unspecified atom stereocenters. The Bertz CT molecular complexity index is 892. The highest BCUT2D eigenvalue weighted by Crippen LogP contribution is 2.53. The monoisotopic (exact) mass is 480 g/mol. The zero-order valence-electron chi connectivity index (χ0n) is 17.1. The minimum atomic E-state index is -0.0104. The lowest BCUT2D eigenvalue weighted by Gasteiger charge is -2.36. The van der Waals surface area contributed by atoms with Crippen molar-refractivity contribution in [1.29, 1.82) is 0 Å². The van der Waals surface area contributed by atoms with Gasteiger partial charge < -0.3 is 33.5 Å². The van der Waals surface area contributed by atoms with Crippen LogP contribution >= 0.6 is 15.9 Å². The van der Waals surface area contributed by atoms with E-state index >= 15 is 0 Å². The minimum absolute atomic E-state index is 0.0104. The Morgan fingerprint density at radius 3 is 2.23 bits per heavy atom. The molecule has 0 amide bonds. The van der Waals surface area contributed by atoms with Gasteiger partial charge in [-0.05, 0) is 53.3 Å². The molecule has 1 aliphatic carbocycles. The van der Waals surface area contributed by atoms with Crippen LogP contribution in [0.15, 0.2) is 24.3 Å². The highest BCUT2D eigenvalue weighted by Gasteiger charge is 2.37. The number of aromatic hydroxyl groups is 1. The van der Waals surface area contributed by atoms with Gasteiger partial charge in [0.2, 0.25) is 12.5 Å². The van der Waals surface area contributed by atoms with Gasteiger partial charge in [-0.2, -0.15) is 0 Å². The molecule has 1 N–H and O–H groups in total. The van der Waals surface area contributed by atoms with Crippen LogP contribution in [0.2, 0.25) is 0 Å². The zero-order valence-corrected chi connectivity index (χ0v) is 18.7. The van der Waals surface area contributed by atoms with E-state index in [1.54, 1.807) is 7.11 Å². The van der Waals surface area contributed by atoms with E-state index in [-0.39, 0.29) is 36.0 Å². The fraction of sp³-hybridized carbons (Fsp3) is 0.455. The summed E-state index contributed by atoms with van der Waals surface area (Å²) in [4.78, 5) is 0.0935. The quantitative estimate of drug-likeness (QED) is 0.358. The van der Waals surface area contributed by atoms with Crippen LogP contribution in [-0.4, -0.2) is 46.6 Å². The van der Waals surface area contributed by atoms with Crippen molar-refractivity contribution in [2.75, 3.05) is 41.5 Å². The lowest BCUT2D eigenvalue weighted by atomic mass is 9.73. The van der Waals surface area contributed by atoms with Crippen molar-refractivity contribution in [2.24, 2.45) is 5.92 Å². The van der Waals surface area contributed by atoms with E-state index in [0.29, 0.717) is 18.1 Å². The van der Waals surface area contributed by atoms with Gasteiger partial charge in [-0.1, -0.05) is 15.9 Å². The molecule has 2 aromatic carbocycles. The number of methoxy groups -OCH3 is 3. The summed E-state index contributed by atoms with van der Waals surface area (Å²) in [6.45, 7) is 1.01.